The predicted molar refractivity (Wildman–Crippen MR) is 89.4 cm³/mol. The zero-order valence-electron chi connectivity index (χ0n) is 13.0. The number of hydrogen-bond donors (Lipinski definition) is 2. The summed E-state index contributed by atoms with van der Waals surface area (Å²) >= 11 is 0. The van der Waals surface area contributed by atoms with Crippen LogP contribution in [-0.2, 0) is 13.0 Å². The third kappa shape index (κ3) is 4.60. The lowest BCUT2D eigenvalue weighted by atomic mass is 10.1. The molecular weight excluding hydrogens is 276 g/mol. The van der Waals surface area contributed by atoms with Crippen LogP contribution in [0.5, 0.6) is 0 Å². The topological polar surface area (TPSA) is 52.6 Å². The van der Waals surface area contributed by atoms with Crippen LogP contribution in [0.2, 0.25) is 0 Å². The molecule has 0 aliphatic heterocycles. The van der Waals surface area contributed by atoms with Crippen molar-refractivity contribution in [2.24, 2.45) is 0 Å². The Balaban J connectivity index is 2.05. The summed E-state index contributed by atoms with van der Waals surface area (Å²) in [6, 6.07) is 15.3. The van der Waals surface area contributed by atoms with Crippen molar-refractivity contribution >= 4 is 11.7 Å². The molecule has 0 heterocycles. The quantitative estimate of drug-likeness (QED) is 0.824. The first-order valence-corrected chi connectivity index (χ1v) is 7.35. The van der Waals surface area contributed by atoms with Crippen LogP contribution in [0.4, 0.5) is 5.69 Å². The molecule has 4 heteroatoms. The number of anilines is 1. The molecule has 0 spiro atoms. The maximum atomic E-state index is 11.0. The van der Waals surface area contributed by atoms with Gasteiger partial charge in [-0.3, -0.25) is 0 Å². The minimum atomic E-state index is -0.895. The first kappa shape index (κ1) is 16.0. The Morgan fingerprint density at radius 2 is 1.91 bits per heavy atom. The number of aromatic carboxylic acids is 1. The smallest absolute Gasteiger partial charge is 0.335 e. The number of likely N-dealkylation sites (N-methyl/N-ethyl adjacent to an activating group) is 1. The van der Waals surface area contributed by atoms with E-state index in [4.69, 9.17) is 5.11 Å². The van der Waals surface area contributed by atoms with E-state index < -0.39 is 5.97 Å². The summed E-state index contributed by atoms with van der Waals surface area (Å²) in [4.78, 5) is 13.2. The molecule has 0 aromatic heterocycles. The number of carboxylic acids is 1. The monoisotopic (exact) mass is 298 g/mol. The average molecular weight is 298 g/mol. The van der Waals surface area contributed by atoms with E-state index in [0.29, 0.717) is 12.1 Å². The summed E-state index contributed by atoms with van der Waals surface area (Å²) in [5.74, 6) is -0.895. The van der Waals surface area contributed by atoms with Gasteiger partial charge in [0.15, 0.2) is 0 Å². The molecule has 2 N–H and O–H groups in total. The zero-order valence-corrected chi connectivity index (χ0v) is 13.0. The van der Waals surface area contributed by atoms with Crippen molar-refractivity contribution in [3.63, 3.8) is 0 Å². The van der Waals surface area contributed by atoms with E-state index in [1.807, 2.05) is 18.2 Å². The van der Waals surface area contributed by atoms with Crippen LogP contribution in [-0.4, -0.2) is 36.6 Å². The van der Waals surface area contributed by atoms with Crippen molar-refractivity contribution in [2.75, 3.05) is 26.0 Å². The molecule has 0 aliphatic rings. The lowest BCUT2D eigenvalue weighted by Gasteiger charge is -2.14. The van der Waals surface area contributed by atoms with Gasteiger partial charge in [0.05, 0.1) is 5.56 Å². The van der Waals surface area contributed by atoms with Gasteiger partial charge in [-0.15, -0.1) is 0 Å². The Morgan fingerprint density at radius 3 is 2.64 bits per heavy atom. The van der Waals surface area contributed by atoms with Gasteiger partial charge in [-0.05, 0) is 49.8 Å². The fourth-order valence-electron chi connectivity index (χ4n) is 2.27. The van der Waals surface area contributed by atoms with Gasteiger partial charge >= 0.3 is 5.97 Å². The van der Waals surface area contributed by atoms with Gasteiger partial charge in [-0.25, -0.2) is 4.79 Å². The Labute approximate surface area is 131 Å². The molecule has 0 bridgehead atoms. The summed E-state index contributed by atoms with van der Waals surface area (Å²) in [6.45, 7) is 1.60. The Kier molecular flexibility index (Phi) is 5.55. The van der Waals surface area contributed by atoms with Crippen LogP contribution in [0.25, 0.3) is 0 Å². The Bertz CT molecular complexity index is 638. The van der Waals surface area contributed by atoms with Crippen molar-refractivity contribution in [1.29, 1.82) is 0 Å². The van der Waals surface area contributed by atoms with E-state index in [0.717, 1.165) is 24.2 Å². The van der Waals surface area contributed by atoms with Gasteiger partial charge < -0.3 is 15.3 Å². The predicted octanol–water partition coefficient (Wildman–Crippen LogP) is 3.10. The summed E-state index contributed by atoms with van der Waals surface area (Å²) in [7, 11) is 4.13. The zero-order chi connectivity index (χ0) is 15.9. The highest BCUT2D eigenvalue weighted by Gasteiger charge is 2.05. The second kappa shape index (κ2) is 7.61. The molecule has 2 aromatic rings. The van der Waals surface area contributed by atoms with E-state index in [1.165, 1.54) is 5.56 Å². The summed E-state index contributed by atoms with van der Waals surface area (Å²) < 4.78 is 0. The molecule has 116 valence electrons. The number of hydrogen-bond acceptors (Lipinski definition) is 3. The van der Waals surface area contributed by atoms with E-state index in [9.17, 15) is 4.79 Å². The average Bonchev–Trinajstić information content (AvgIpc) is 2.52. The first-order valence-electron chi connectivity index (χ1n) is 7.35. The SMILES string of the molecule is CN(C)CCc1ccccc1NCc1cccc(C(=O)O)c1. The summed E-state index contributed by atoms with van der Waals surface area (Å²) in [6.07, 6.45) is 0.978. The van der Waals surface area contributed by atoms with Gasteiger partial charge in [0, 0.05) is 18.8 Å². The molecule has 0 aliphatic carbocycles. The maximum absolute atomic E-state index is 11.0. The molecule has 0 saturated heterocycles. The number of carbonyl (C=O) groups is 1. The van der Waals surface area contributed by atoms with Crippen molar-refractivity contribution in [1.82, 2.24) is 4.90 Å². The number of nitrogens with one attached hydrogen (secondary N) is 1. The third-order valence-corrected chi connectivity index (χ3v) is 3.50. The lowest BCUT2D eigenvalue weighted by Crippen LogP contribution is -2.16. The van der Waals surface area contributed by atoms with Gasteiger partial charge in [0.1, 0.15) is 0 Å². The maximum Gasteiger partial charge on any atom is 0.335 e. The molecule has 4 nitrogen and oxygen atoms in total. The van der Waals surface area contributed by atoms with Crippen molar-refractivity contribution in [3.8, 4) is 0 Å². The van der Waals surface area contributed by atoms with Gasteiger partial charge in [0.25, 0.3) is 0 Å². The molecule has 0 radical (unpaired) electrons. The largest absolute Gasteiger partial charge is 0.478 e. The molecule has 0 saturated carbocycles. The molecule has 2 rings (SSSR count). The second-order valence-electron chi connectivity index (χ2n) is 5.57. The van der Waals surface area contributed by atoms with Crippen LogP contribution in [0.15, 0.2) is 48.5 Å². The van der Waals surface area contributed by atoms with E-state index >= 15 is 0 Å². The highest BCUT2D eigenvalue weighted by Crippen LogP contribution is 2.17. The molecule has 2 aromatic carbocycles. The van der Waals surface area contributed by atoms with Crippen LogP contribution >= 0.6 is 0 Å². The molecule has 0 atom stereocenters. The van der Waals surface area contributed by atoms with E-state index in [-0.39, 0.29) is 0 Å². The fourth-order valence-corrected chi connectivity index (χ4v) is 2.27. The number of nitrogens with zero attached hydrogens (tertiary/aromatic N) is 1. The van der Waals surface area contributed by atoms with Crippen molar-refractivity contribution in [2.45, 2.75) is 13.0 Å². The summed E-state index contributed by atoms with van der Waals surface area (Å²) in [5, 5.41) is 12.4. The molecule has 0 fully saturated rings. The lowest BCUT2D eigenvalue weighted by molar-refractivity contribution is 0.0697. The van der Waals surface area contributed by atoms with Gasteiger partial charge in [-0.1, -0.05) is 30.3 Å². The normalized spacial score (nSPS) is 10.7. The highest BCUT2D eigenvalue weighted by atomic mass is 16.4. The standard InChI is InChI=1S/C18H22N2O2/c1-20(2)11-10-15-7-3-4-9-17(15)19-13-14-6-5-8-16(12-14)18(21)22/h3-9,12,19H,10-11,13H2,1-2H3,(H,21,22). The Hall–Kier alpha value is -2.33. The van der Waals surface area contributed by atoms with Crippen molar-refractivity contribution < 1.29 is 9.90 Å². The molecular formula is C18H22N2O2. The van der Waals surface area contributed by atoms with E-state index in [2.05, 4.69) is 36.4 Å². The summed E-state index contributed by atoms with van der Waals surface area (Å²) in [5.41, 5.74) is 3.65. The minimum Gasteiger partial charge on any atom is -0.478 e. The highest BCUT2D eigenvalue weighted by molar-refractivity contribution is 5.87. The molecule has 0 unspecified atom stereocenters. The molecule has 0 amide bonds. The third-order valence-electron chi connectivity index (χ3n) is 3.50. The number of benzene rings is 2. The van der Waals surface area contributed by atoms with Gasteiger partial charge in [-0.2, -0.15) is 0 Å². The second-order valence-corrected chi connectivity index (χ2v) is 5.57. The van der Waals surface area contributed by atoms with Crippen LogP contribution in [0.3, 0.4) is 0 Å². The minimum absolute atomic E-state index is 0.320. The van der Waals surface area contributed by atoms with Crippen molar-refractivity contribution in [3.05, 3.63) is 65.2 Å². The Morgan fingerprint density at radius 1 is 1.14 bits per heavy atom. The number of para-hydroxylation sites is 1. The van der Waals surface area contributed by atoms with Gasteiger partial charge in [0.2, 0.25) is 0 Å². The van der Waals surface area contributed by atoms with Crippen LogP contribution < -0.4 is 5.32 Å². The van der Waals surface area contributed by atoms with E-state index in [1.54, 1.807) is 18.2 Å². The fraction of sp³-hybridized carbons (Fsp3) is 0.278. The number of carboxylic acid groups (broad SMARTS) is 1. The molecule has 22 heavy (non-hydrogen) atoms. The van der Waals surface area contributed by atoms with Crippen LogP contribution in [0, 0.1) is 0 Å². The van der Waals surface area contributed by atoms with Crippen LogP contribution in [0.1, 0.15) is 21.5 Å². The first-order chi connectivity index (χ1) is 10.6. The number of rotatable bonds is 7.